The van der Waals surface area contributed by atoms with Gasteiger partial charge in [-0.1, -0.05) is 40.1 Å². The Bertz CT molecular complexity index is 527. The van der Waals surface area contributed by atoms with Gasteiger partial charge in [-0.05, 0) is 38.3 Å². The summed E-state index contributed by atoms with van der Waals surface area (Å²) in [6.45, 7) is 2.03. The van der Waals surface area contributed by atoms with Crippen molar-refractivity contribution in [3.63, 3.8) is 0 Å². The number of benzene rings is 1. The Balaban J connectivity index is 1.77. The van der Waals surface area contributed by atoms with Crippen LogP contribution in [-0.2, 0) is 9.53 Å². The minimum Gasteiger partial charge on any atom is -0.462 e. The molecule has 23 heavy (non-hydrogen) atoms. The normalized spacial score (nSPS) is 17.0. The third kappa shape index (κ3) is 6.11. The van der Waals surface area contributed by atoms with E-state index in [0.29, 0.717) is 18.6 Å². The van der Waals surface area contributed by atoms with E-state index in [1.807, 2.05) is 21.6 Å². The summed E-state index contributed by atoms with van der Waals surface area (Å²) in [4.78, 5) is 23.8. The fourth-order valence-electron chi connectivity index (χ4n) is 2.31. The predicted molar refractivity (Wildman–Crippen MR) is 95.0 cm³/mol. The van der Waals surface area contributed by atoms with E-state index in [-0.39, 0.29) is 11.7 Å². The average Bonchev–Trinajstić information content (AvgIpc) is 3.06. The molecule has 0 amide bonds. The van der Waals surface area contributed by atoms with Crippen LogP contribution < -0.4 is 4.74 Å². The van der Waals surface area contributed by atoms with E-state index in [2.05, 4.69) is 0 Å². The molecule has 1 atom stereocenters. The maximum atomic E-state index is 12.0. The first-order valence-corrected chi connectivity index (χ1v) is 10.3. The van der Waals surface area contributed by atoms with Crippen LogP contribution in [0.4, 0.5) is 0 Å². The zero-order chi connectivity index (χ0) is 16.5. The summed E-state index contributed by atoms with van der Waals surface area (Å²) in [5.41, 5.74) is 0.294. The van der Waals surface area contributed by atoms with Gasteiger partial charge >= 0.3 is 11.9 Å². The van der Waals surface area contributed by atoms with Crippen molar-refractivity contribution in [3.05, 3.63) is 29.8 Å². The zero-order valence-electron chi connectivity index (χ0n) is 13.3. The van der Waals surface area contributed by atoms with Crippen LogP contribution in [0.1, 0.15) is 49.4 Å². The van der Waals surface area contributed by atoms with E-state index in [0.717, 1.165) is 24.5 Å². The minimum absolute atomic E-state index is 0.277. The quantitative estimate of drug-likeness (QED) is 0.297. The molecule has 0 N–H and O–H groups in total. The lowest BCUT2D eigenvalue weighted by atomic mass is 10.1. The van der Waals surface area contributed by atoms with Crippen molar-refractivity contribution < 1.29 is 19.1 Å². The first kappa shape index (κ1) is 18.2. The molecule has 1 aromatic carbocycles. The molecule has 0 bridgehead atoms. The van der Waals surface area contributed by atoms with Gasteiger partial charge in [0.15, 0.2) is 0 Å². The molecular formula is C17H22O4S2. The van der Waals surface area contributed by atoms with Crippen LogP contribution in [0.5, 0.6) is 5.75 Å². The standard InChI is InChI=1S/C17H22O4S2/c1-2-20-17(19)14-8-4-5-9-15(14)21-16(18)10-6-3-7-13-11-12-22-23-13/h4-5,8-9,13H,2-3,6-7,10-12H2,1H3. The van der Waals surface area contributed by atoms with E-state index < -0.39 is 5.97 Å². The Labute approximate surface area is 145 Å². The summed E-state index contributed by atoms with van der Waals surface area (Å²) in [6, 6.07) is 6.69. The van der Waals surface area contributed by atoms with Crippen molar-refractivity contribution in [2.75, 3.05) is 12.4 Å². The molecule has 6 heteroatoms. The number of unbranched alkanes of at least 4 members (excludes halogenated alkanes) is 1. The number of hydrogen-bond donors (Lipinski definition) is 0. The van der Waals surface area contributed by atoms with Gasteiger partial charge in [0.05, 0.1) is 6.61 Å². The molecule has 1 aliphatic rings. The van der Waals surface area contributed by atoms with Gasteiger partial charge in [0.25, 0.3) is 0 Å². The third-order valence-electron chi connectivity index (χ3n) is 3.49. The van der Waals surface area contributed by atoms with Gasteiger partial charge in [-0.3, -0.25) is 4.79 Å². The van der Waals surface area contributed by atoms with Crippen LogP contribution in [0, 0.1) is 0 Å². The molecule has 1 saturated heterocycles. The summed E-state index contributed by atoms with van der Waals surface area (Å²) in [5.74, 6) is 0.753. The van der Waals surface area contributed by atoms with Gasteiger partial charge in [-0.25, -0.2) is 4.79 Å². The molecule has 1 heterocycles. The minimum atomic E-state index is -0.466. The Hall–Kier alpha value is -1.14. The maximum absolute atomic E-state index is 12.0. The van der Waals surface area contributed by atoms with Crippen molar-refractivity contribution in [2.45, 2.75) is 44.3 Å². The molecule has 0 spiro atoms. The molecule has 0 saturated carbocycles. The molecule has 126 valence electrons. The van der Waals surface area contributed by atoms with Gasteiger partial charge < -0.3 is 9.47 Å². The van der Waals surface area contributed by atoms with E-state index in [4.69, 9.17) is 9.47 Å². The van der Waals surface area contributed by atoms with Gasteiger partial charge in [0.2, 0.25) is 0 Å². The monoisotopic (exact) mass is 354 g/mol. The SMILES string of the molecule is CCOC(=O)c1ccccc1OC(=O)CCCCC1CCSS1. The second kappa shape index (κ2) is 9.88. The average molecular weight is 354 g/mol. The molecule has 0 aliphatic carbocycles. The molecule has 1 aromatic rings. The number of hydrogen-bond acceptors (Lipinski definition) is 6. The Morgan fingerprint density at radius 3 is 2.83 bits per heavy atom. The highest BCUT2D eigenvalue weighted by Gasteiger charge is 2.17. The topological polar surface area (TPSA) is 52.6 Å². The van der Waals surface area contributed by atoms with E-state index in [1.165, 1.54) is 12.2 Å². The van der Waals surface area contributed by atoms with E-state index in [1.54, 1.807) is 31.2 Å². The summed E-state index contributed by atoms with van der Waals surface area (Å²) >= 11 is 0. The smallest absolute Gasteiger partial charge is 0.341 e. The lowest BCUT2D eigenvalue weighted by molar-refractivity contribution is -0.134. The van der Waals surface area contributed by atoms with Crippen molar-refractivity contribution in [2.24, 2.45) is 0 Å². The largest absolute Gasteiger partial charge is 0.462 e. The highest BCUT2D eigenvalue weighted by molar-refractivity contribution is 8.77. The predicted octanol–water partition coefficient (Wildman–Crippen LogP) is 4.48. The summed E-state index contributed by atoms with van der Waals surface area (Å²) < 4.78 is 10.3. The molecular weight excluding hydrogens is 332 g/mol. The Morgan fingerprint density at radius 2 is 2.09 bits per heavy atom. The Morgan fingerprint density at radius 1 is 1.26 bits per heavy atom. The lowest BCUT2D eigenvalue weighted by Gasteiger charge is -2.10. The van der Waals surface area contributed by atoms with Crippen molar-refractivity contribution >= 4 is 33.5 Å². The van der Waals surface area contributed by atoms with Crippen LogP contribution in [0.3, 0.4) is 0 Å². The number of para-hydroxylation sites is 1. The fourth-order valence-corrected chi connectivity index (χ4v) is 5.34. The van der Waals surface area contributed by atoms with Gasteiger partial charge in [-0.15, -0.1) is 0 Å². The van der Waals surface area contributed by atoms with Gasteiger partial charge in [-0.2, -0.15) is 0 Å². The zero-order valence-corrected chi connectivity index (χ0v) is 14.9. The Kier molecular flexibility index (Phi) is 7.82. The number of carbonyl (C=O) groups is 2. The molecule has 1 unspecified atom stereocenters. The molecule has 1 fully saturated rings. The molecule has 1 aliphatic heterocycles. The number of ether oxygens (including phenoxy) is 2. The van der Waals surface area contributed by atoms with Crippen molar-refractivity contribution in [1.29, 1.82) is 0 Å². The summed E-state index contributed by atoms with van der Waals surface area (Å²) in [7, 11) is 3.90. The third-order valence-corrected chi connectivity index (χ3v) is 6.50. The molecule has 0 aromatic heterocycles. The molecule has 2 rings (SSSR count). The van der Waals surface area contributed by atoms with Crippen LogP contribution in [-0.4, -0.2) is 29.5 Å². The van der Waals surface area contributed by atoms with Crippen LogP contribution in [0.2, 0.25) is 0 Å². The first-order chi connectivity index (χ1) is 11.2. The first-order valence-electron chi connectivity index (χ1n) is 7.95. The van der Waals surface area contributed by atoms with Crippen molar-refractivity contribution in [1.82, 2.24) is 0 Å². The van der Waals surface area contributed by atoms with Crippen LogP contribution >= 0.6 is 21.6 Å². The number of esters is 2. The lowest BCUT2D eigenvalue weighted by Crippen LogP contribution is -2.12. The number of carbonyl (C=O) groups excluding carboxylic acids is 2. The highest BCUT2D eigenvalue weighted by atomic mass is 33.1. The second-order valence-electron chi connectivity index (χ2n) is 5.27. The molecule has 0 radical (unpaired) electrons. The summed E-state index contributed by atoms with van der Waals surface area (Å²) in [5, 5.41) is 0.737. The van der Waals surface area contributed by atoms with Gasteiger partial charge in [0.1, 0.15) is 11.3 Å². The second-order valence-corrected chi connectivity index (χ2v) is 8.05. The van der Waals surface area contributed by atoms with E-state index in [9.17, 15) is 9.59 Å². The fraction of sp³-hybridized carbons (Fsp3) is 0.529. The summed E-state index contributed by atoms with van der Waals surface area (Å²) in [6.07, 6.45) is 4.66. The van der Waals surface area contributed by atoms with Gasteiger partial charge in [0, 0.05) is 17.4 Å². The number of rotatable bonds is 8. The van der Waals surface area contributed by atoms with Crippen molar-refractivity contribution in [3.8, 4) is 5.75 Å². The van der Waals surface area contributed by atoms with Crippen LogP contribution in [0.25, 0.3) is 0 Å². The van der Waals surface area contributed by atoms with Crippen LogP contribution in [0.15, 0.2) is 24.3 Å². The van der Waals surface area contributed by atoms with E-state index >= 15 is 0 Å². The molecule has 4 nitrogen and oxygen atoms in total. The maximum Gasteiger partial charge on any atom is 0.341 e. The highest BCUT2D eigenvalue weighted by Crippen LogP contribution is 2.39.